The van der Waals surface area contributed by atoms with Gasteiger partial charge in [-0.3, -0.25) is 9.69 Å². The summed E-state index contributed by atoms with van der Waals surface area (Å²) in [5.74, 6) is 0.698. The fourth-order valence-electron chi connectivity index (χ4n) is 2.72. The van der Waals surface area contributed by atoms with Crippen molar-refractivity contribution < 1.29 is 9.18 Å². The van der Waals surface area contributed by atoms with E-state index in [1.165, 1.54) is 12.1 Å². The van der Waals surface area contributed by atoms with Gasteiger partial charge in [0.2, 0.25) is 5.91 Å². The Hall–Kier alpha value is -1.42. The SMILES string of the molecule is CCN(CC(=O)N1CCC(C)CC1)Cc1cccc(F)c1. The molecule has 1 amide bonds. The van der Waals surface area contributed by atoms with E-state index in [2.05, 4.69) is 11.8 Å². The van der Waals surface area contributed by atoms with Crippen molar-refractivity contribution in [3.8, 4) is 0 Å². The Bertz CT molecular complexity index is 470. The van der Waals surface area contributed by atoms with Crippen molar-refractivity contribution in [2.75, 3.05) is 26.2 Å². The molecule has 1 aromatic rings. The highest BCUT2D eigenvalue weighted by Gasteiger charge is 2.21. The van der Waals surface area contributed by atoms with E-state index in [4.69, 9.17) is 0 Å². The molecule has 0 aromatic heterocycles. The van der Waals surface area contributed by atoms with Crippen molar-refractivity contribution in [1.82, 2.24) is 9.80 Å². The molecule has 4 heteroatoms. The molecule has 1 aliphatic rings. The zero-order chi connectivity index (χ0) is 15.2. The van der Waals surface area contributed by atoms with Gasteiger partial charge in [0.1, 0.15) is 5.82 Å². The van der Waals surface area contributed by atoms with E-state index in [1.54, 1.807) is 6.07 Å². The first-order valence-corrected chi connectivity index (χ1v) is 7.83. The molecule has 1 saturated heterocycles. The van der Waals surface area contributed by atoms with E-state index in [9.17, 15) is 9.18 Å². The first kappa shape index (κ1) is 16.0. The fourth-order valence-corrected chi connectivity index (χ4v) is 2.72. The minimum Gasteiger partial charge on any atom is -0.342 e. The van der Waals surface area contributed by atoms with Gasteiger partial charge in [0, 0.05) is 19.6 Å². The van der Waals surface area contributed by atoms with Gasteiger partial charge in [-0.25, -0.2) is 4.39 Å². The molecule has 116 valence electrons. The number of hydrogen-bond donors (Lipinski definition) is 0. The Balaban J connectivity index is 1.88. The molecule has 1 aromatic carbocycles. The van der Waals surface area contributed by atoms with Gasteiger partial charge in [-0.1, -0.05) is 26.0 Å². The number of amides is 1. The van der Waals surface area contributed by atoms with Crippen molar-refractivity contribution in [2.24, 2.45) is 5.92 Å². The summed E-state index contributed by atoms with van der Waals surface area (Å²) >= 11 is 0. The highest BCUT2D eigenvalue weighted by molar-refractivity contribution is 5.78. The van der Waals surface area contributed by atoms with Crippen LogP contribution in [0.1, 0.15) is 32.3 Å². The van der Waals surface area contributed by atoms with Crippen molar-refractivity contribution in [1.29, 1.82) is 0 Å². The maximum Gasteiger partial charge on any atom is 0.236 e. The number of rotatable bonds is 5. The summed E-state index contributed by atoms with van der Waals surface area (Å²) in [6.45, 7) is 7.84. The van der Waals surface area contributed by atoms with Crippen LogP contribution in [0.25, 0.3) is 0 Å². The minimum atomic E-state index is -0.222. The van der Waals surface area contributed by atoms with Crippen LogP contribution in [-0.4, -0.2) is 41.9 Å². The Morgan fingerprint density at radius 1 is 1.38 bits per heavy atom. The van der Waals surface area contributed by atoms with Crippen LogP contribution in [0.2, 0.25) is 0 Å². The van der Waals surface area contributed by atoms with Gasteiger partial charge in [-0.05, 0) is 43.0 Å². The van der Waals surface area contributed by atoms with Crippen LogP contribution in [0.15, 0.2) is 24.3 Å². The van der Waals surface area contributed by atoms with Gasteiger partial charge in [0.05, 0.1) is 6.54 Å². The molecule has 0 saturated carbocycles. The first-order valence-electron chi connectivity index (χ1n) is 7.83. The number of halogens is 1. The Kier molecular flexibility index (Phi) is 5.74. The normalized spacial score (nSPS) is 16.5. The predicted octanol–water partition coefficient (Wildman–Crippen LogP) is 2.91. The summed E-state index contributed by atoms with van der Waals surface area (Å²) in [6, 6.07) is 6.60. The molecule has 1 aliphatic heterocycles. The van der Waals surface area contributed by atoms with Gasteiger partial charge < -0.3 is 4.90 Å². The van der Waals surface area contributed by atoms with Crippen molar-refractivity contribution in [3.63, 3.8) is 0 Å². The Morgan fingerprint density at radius 3 is 2.71 bits per heavy atom. The number of carbonyl (C=O) groups is 1. The van der Waals surface area contributed by atoms with E-state index in [0.29, 0.717) is 13.1 Å². The number of piperidine rings is 1. The molecule has 21 heavy (non-hydrogen) atoms. The Labute approximate surface area is 126 Å². The van der Waals surface area contributed by atoms with Crippen LogP contribution in [0.5, 0.6) is 0 Å². The summed E-state index contributed by atoms with van der Waals surface area (Å²) < 4.78 is 13.2. The third kappa shape index (κ3) is 4.81. The highest BCUT2D eigenvalue weighted by Crippen LogP contribution is 2.16. The van der Waals surface area contributed by atoms with Gasteiger partial charge in [-0.15, -0.1) is 0 Å². The quantitative estimate of drug-likeness (QED) is 0.833. The summed E-state index contributed by atoms with van der Waals surface area (Å²) in [5.41, 5.74) is 0.914. The highest BCUT2D eigenvalue weighted by atomic mass is 19.1. The van der Waals surface area contributed by atoms with Crippen molar-refractivity contribution >= 4 is 5.91 Å². The predicted molar refractivity (Wildman–Crippen MR) is 82.3 cm³/mol. The molecule has 0 bridgehead atoms. The van der Waals surface area contributed by atoms with Crippen LogP contribution < -0.4 is 0 Å². The molecule has 1 fully saturated rings. The fraction of sp³-hybridized carbons (Fsp3) is 0.588. The number of hydrogen-bond acceptors (Lipinski definition) is 2. The average Bonchev–Trinajstić information content (AvgIpc) is 2.47. The summed E-state index contributed by atoms with van der Waals surface area (Å²) in [6.07, 6.45) is 2.20. The molecule has 0 aliphatic carbocycles. The van der Waals surface area contributed by atoms with Crippen LogP contribution in [0.3, 0.4) is 0 Å². The van der Waals surface area contributed by atoms with E-state index < -0.39 is 0 Å². The van der Waals surface area contributed by atoms with Crippen LogP contribution >= 0.6 is 0 Å². The molecule has 0 spiro atoms. The van der Waals surface area contributed by atoms with Crippen molar-refractivity contribution in [3.05, 3.63) is 35.6 Å². The molecule has 0 radical (unpaired) electrons. The van der Waals surface area contributed by atoms with Crippen molar-refractivity contribution in [2.45, 2.75) is 33.2 Å². The molecule has 2 rings (SSSR count). The summed E-state index contributed by atoms with van der Waals surface area (Å²) in [7, 11) is 0. The maximum atomic E-state index is 13.2. The molecular formula is C17H25FN2O. The molecule has 1 heterocycles. The smallest absolute Gasteiger partial charge is 0.236 e. The number of likely N-dealkylation sites (tertiary alicyclic amines) is 1. The second-order valence-electron chi connectivity index (χ2n) is 6.00. The van der Waals surface area contributed by atoms with Gasteiger partial charge >= 0.3 is 0 Å². The van der Waals surface area contributed by atoms with Gasteiger partial charge in [0.25, 0.3) is 0 Å². The number of nitrogens with zero attached hydrogens (tertiary/aromatic N) is 2. The second kappa shape index (κ2) is 7.55. The van der Waals surface area contributed by atoms with E-state index in [1.807, 2.05) is 17.9 Å². The number of benzene rings is 1. The van der Waals surface area contributed by atoms with Crippen LogP contribution in [0.4, 0.5) is 4.39 Å². The molecular weight excluding hydrogens is 267 g/mol. The molecule has 0 N–H and O–H groups in total. The second-order valence-corrected chi connectivity index (χ2v) is 6.00. The Morgan fingerprint density at radius 2 is 2.10 bits per heavy atom. The number of carbonyl (C=O) groups excluding carboxylic acids is 1. The summed E-state index contributed by atoms with van der Waals surface area (Å²) in [5, 5.41) is 0. The summed E-state index contributed by atoms with van der Waals surface area (Å²) in [4.78, 5) is 16.4. The lowest BCUT2D eigenvalue weighted by Crippen LogP contribution is -2.43. The third-order valence-corrected chi connectivity index (χ3v) is 4.24. The van der Waals surface area contributed by atoms with Crippen LogP contribution in [-0.2, 0) is 11.3 Å². The average molecular weight is 292 g/mol. The first-order chi connectivity index (χ1) is 10.1. The lowest BCUT2D eigenvalue weighted by atomic mass is 9.99. The van der Waals surface area contributed by atoms with Crippen LogP contribution in [0, 0.1) is 11.7 Å². The standard InChI is InChI=1S/C17H25FN2O/c1-3-19(12-15-5-4-6-16(18)11-15)13-17(21)20-9-7-14(2)8-10-20/h4-6,11,14H,3,7-10,12-13H2,1-2H3. The molecule has 3 nitrogen and oxygen atoms in total. The lowest BCUT2D eigenvalue weighted by Gasteiger charge is -2.32. The topological polar surface area (TPSA) is 23.6 Å². The molecule has 0 unspecified atom stereocenters. The van der Waals surface area contributed by atoms with Gasteiger partial charge in [-0.2, -0.15) is 0 Å². The zero-order valence-corrected chi connectivity index (χ0v) is 13.0. The third-order valence-electron chi connectivity index (χ3n) is 4.24. The van der Waals surface area contributed by atoms with E-state index in [0.717, 1.165) is 44.0 Å². The van der Waals surface area contributed by atoms with Gasteiger partial charge in [0.15, 0.2) is 0 Å². The zero-order valence-electron chi connectivity index (χ0n) is 13.0. The minimum absolute atomic E-state index is 0.195. The monoisotopic (exact) mass is 292 g/mol. The largest absolute Gasteiger partial charge is 0.342 e. The molecule has 0 atom stereocenters. The number of likely N-dealkylation sites (N-methyl/N-ethyl adjacent to an activating group) is 1. The van der Waals surface area contributed by atoms with E-state index >= 15 is 0 Å². The van der Waals surface area contributed by atoms with E-state index in [-0.39, 0.29) is 11.7 Å². The maximum absolute atomic E-state index is 13.2. The lowest BCUT2D eigenvalue weighted by molar-refractivity contribution is -0.133.